The Balaban J connectivity index is 0.00000264. The van der Waals surface area contributed by atoms with E-state index in [9.17, 15) is 9.59 Å². The maximum absolute atomic E-state index is 12.1. The number of carbonyl (C=O) groups excluding carboxylic acids is 2. The van der Waals surface area contributed by atoms with Gasteiger partial charge >= 0.3 is 0 Å². The molecule has 23 heavy (non-hydrogen) atoms. The lowest BCUT2D eigenvalue weighted by Crippen LogP contribution is -2.27. The molecule has 0 aliphatic rings. The average molecular weight is 355 g/mol. The highest BCUT2D eigenvalue weighted by Crippen LogP contribution is 2.18. The molecule has 124 valence electrons. The number of amides is 2. The molecule has 1 aromatic heterocycles. The van der Waals surface area contributed by atoms with E-state index in [1.807, 2.05) is 25.1 Å². The second-order valence-electron chi connectivity index (χ2n) is 4.83. The minimum Gasteiger partial charge on any atom is -0.344 e. The summed E-state index contributed by atoms with van der Waals surface area (Å²) in [4.78, 5) is 27.4. The normalized spacial score (nSPS) is 11.3. The maximum Gasteiger partial charge on any atom is 0.271 e. The SMILES string of the molecule is CC(=O)Nc1cccc(C(C)NC(=O)c2csc(CN)n2)c1.Cl. The Morgan fingerprint density at radius 2 is 2.13 bits per heavy atom. The van der Waals surface area contributed by atoms with Crippen molar-refractivity contribution in [3.8, 4) is 0 Å². The van der Waals surface area contributed by atoms with Crippen molar-refractivity contribution in [1.82, 2.24) is 10.3 Å². The van der Waals surface area contributed by atoms with Gasteiger partial charge in [-0.05, 0) is 24.6 Å². The third-order valence-corrected chi connectivity index (χ3v) is 3.88. The van der Waals surface area contributed by atoms with Gasteiger partial charge in [0.1, 0.15) is 10.7 Å². The largest absolute Gasteiger partial charge is 0.344 e. The molecule has 0 saturated heterocycles. The second-order valence-corrected chi connectivity index (χ2v) is 5.78. The predicted molar refractivity (Wildman–Crippen MR) is 93.9 cm³/mol. The third kappa shape index (κ3) is 5.31. The summed E-state index contributed by atoms with van der Waals surface area (Å²) in [5, 5.41) is 8.02. The molecular formula is C15H19ClN4O2S. The molecule has 8 heteroatoms. The number of benzene rings is 1. The van der Waals surface area contributed by atoms with E-state index in [1.165, 1.54) is 18.3 Å². The molecule has 1 aromatic carbocycles. The van der Waals surface area contributed by atoms with E-state index in [4.69, 9.17) is 5.73 Å². The molecule has 1 unspecified atom stereocenters. The van der Waals surface area contributed by atoms with Crippen LogP contribution < -0.4 is 16.4 Å². The summed E-state index contributed by atoms with van der Waals surface area (Å²) < 4.78 is 0. The van der Waals surface area contributed by atoms with E-state index in [0.717, 1.165) is 10.6 Å². The van der Waals surface area contributed by atoms with E-state index in [2.05, 4.69) is 15.6 Å². The Labute approximate surface area is 144 Å². The van der Waals surface area contributed by atoms with Crippen LogP contribution in [0.15, 0.2) is 29.6 Å². The molecule has 1 heterocycles. The van der Waals surface area contributed by atoms with Crippen LogP contribution in [0.3, 0.4) is 0 Å². The van der Waals surface area contributed by atoms with E-state index >= 15 is 0 Å². The fraction of sp³-hybridized carbons (Fsp3) is 0.267. The van der Waals surface area contributed by atoms with Gasteiger partial charge in [-0.2, -0.15) is 0 Å². The highest BCUT2D eigenvalue weighted by Gasteiger charge is 2.14. The van der Waals surface area contributed by atoms with Crippen LogP contribution in [-0.2, 0) is 11.3 Å². The highest BCUT2D eigenvalue weighted by atomic mass is 35.5. The molecule has 0 spiro atoms. The molecule has 2 amide bonds. The number of nitrogens with two attached hydrogens (primary N) is 1. The van der Waals surface area contributed by atoms with E-state index in [0.29, 0.717) is 17.9 Å². The molecular weight excluding hydrogens is 336 g/mol. The van der Waals surface area contributed by atoms with Crippen LogP contribution in [0, 0.1) is 0 Å². The van der Waals surface area contributed by atoms with Gasteiger partial charge in [-0.3, -0.25) is 9.59 Å². The number of halogens is 1. The van der Waals surface area contributed by atoms with Crippen LogP contribution in [0.5, 0.6) is 0 Å². The van der Waals surface area contributed by atoms with Crippen molar-refractivity contribution < 1.29 is 9.59 Å². The van der Waals surface area contributed by atoms with Gasteiger partial charge in [-0.1, -0.05) is 12.1 Å². The molecule has 4 N–H and O–H groups in total. The Hall–Kier alpha value is -1.96. The van der Waals surface area contributed by atoms with Crippen LogP contribution in [0.2, 0.25) is 0 Å². The first-order valence-electron chi connectivity index (χ1n) is 6.82. The lowest BCUT2D eigenvalue weighted by atomic mass is 10.1. The number of hydrogen-bond acceptors (Lipinski definition) is 5. The van der Waals surface area contributed by atoms with Crippen LogP contribution in [0.25, 0.3) is 0 Å². The summed E-state index contributed by atoms with van der Waals surface area (Å²) in [6, 6.07) is 7.15. The molecule has 0 radical (unpaired) electrons. The lowest BCUT2D eigenvalue weighted by Gasteiger charge is -2.14. The fourth-order valence-corrected chi connectivity index (χ4v) is 2.61. The van der Waals surface area contributed by atoms with Crippen molar-refractivity contribution in [3.63, 3.8) is 0 Å². The number of anilines is 1. The van der Waals surface area contributed by atoms with Gasteiger partial charge in [0.25, 0.3) is 5.91 Å². The number of thiazole rings is 1. The zero-order chi connectivity index (χ0) is 16.1. The zero-order valence-corrected chi connectivity index (χ0v) is 14.5. The first kappa shape index (κ1) is 19.1. The smallest absolute Gasteiger partial charge is 0.271 e. The van der Waals surface area contributed by atoms with Gasteiger partial charge in [0.15, 0.2) is 0 Å². The quantitative estimate of drug-likeness (QED) is 0.768. The summed E-state index contributed by atoms with van der Waals surface area (Å²) >= 11 is 1.37. The topological polar surface area (TPSA) is 97.1 Å². The van der Waals surface area contributed by atoms with Gasteiger partial charge in [0.2, 0.25) is 5.91 Å². The Bertz CT molecular complexity index is 690. The predicted octanol–water partition coefficient (Wildman–Crippen LogP) is 2.47. The van der Waals surface area contributed by atoms with Gasteiger partial charge in [0, 0.05) is 24.5 Å². The van der Waals surface area contributed by atoms with Crippen molar-refractivity contribution in [2.24, 2.45) is 5.73 Å². The fourth-order valence-electron chi connectivity index (χ4n) is 1.95. The summed E-state index contributed by atoms with van der Waals surface area (Å²) in [6.45, 7) is 3.66. The Morgan fingerprint density at radius 1 is 1.39 bits per heavy atom. The van der Waals surface area contributed by atoms with Crippen LogP contribution in [0.1, 0.15) is 40.9 Å². The number of carbonyl (C=O) groups is 2. The molecule has 0 aliphatic heterocycles. The summed E-state index contributed by atoms with van der Waals surface area (Å²) in [6.07, 6.45) is 0. The monoisotopic (exact) mass is 354 g/mol. The molecule has 0 fully saturated rings. The summed E-state index contributed by atoms with van der Waals surface area (Å²) in [5.41, 5.74) is 7.46. The molecule has 6 nitrogen and oxygen atoms in total. The Kier molecular flexibility index (Phi) is 7.15. The molecule has 2 rings (SSSR count). The number of hydrogen-bond donors (Lipinski definition) is 3. The summed E-state index contributed by atoms with van der Waals surface area (Å²) in [5.74, 6) is -0.376. The maximum atomic E-state index is 12.1. The van der Waals surface area contributed by atoms with Crippen molar-refractivity contribution in [2.45, 2.75) is 26.4 Å². The number of nitrogens with zero attached hydrogens (tertiary/aromatic N) is 1. The minimum absolute atomic E-state index is 0. The molecule has 0 saturated carbocycles. The zero-order valence-electron chi connectivity index (χ0n) is 12.8. The standard InChI is InChI=1S/C15H18N4O2S.ClH/c1-9(11-4-3-5-12(6-11)18-10(2)20)17-15(21)13-8-22-14(7-16)19-13;/h3-6,8-9H,7,16H2,1-2H3,(H,17,21)(H,18,20);1H. The third-order valence-electron chi connectivity index (χ3n) is 3.01. The van der Waals surface area contributed by atoms with Crippen molar-refractivity contribution in [1.29, 1.82) is 0 Å². The van der Waals surface area contributed by atoms with Crippen molar-refractivity contribution in [3.05, 3.63) is 45.9 Å². The summed E-state index contributed by atoms with van der Waals surface area (Å²) in [7, 11) is 0. The average Bonchev–Trinajstić information content (AvgIpc) is 2.95. The molecule has 0 aliphatic carbocycles. The van der Waals surface area contributed by atoms with Gasteiger partial charge < -0.3 is 16.4 Å². The van der Waals surface area contributed by atoms with Crippen LogP contribution in [0.4, 0.5) is 5.69 Å². The van der Waals surface area contributed by atoms with Gasteiger partial charge in [-0.15, -0.1) is 23.7 Å². The number of nitrogens with one attached hydrogen (secondary N) is 2. The number of aromatic nitrogens is 1. The molecule has 1 atom stereocenters. The molecule has 0 bridgehead atoms. The number of rotatable bonds is 5. The first-order chi connectivity index (χ1) is 10.5. The lowest BCUT2D eigenvalue weighted by molar-refractivity contribution is -0.114. The van der Waals surface area contributed by atoms with E-state index in [1.54, 1.807) is 11.4 Å². The van der Waals surface area contributed by atoms with Gasteiger partial charge in [-0.25, -0.2) is 4.98 Å². The van der Waals surface area contributed by atoms with E-state index in [-0.39, 0.29) is 30.3 Å². The van der Waals surface area contributed by atoms with Crippen molar-refractivity contribution in [2.75, 3.05) is 5.32 Å². The second kappa shape index (κ2) is 8.61. The van der Waals surface area contributed by atoms with Crippen molar-refractivity contribution >= 4 is 41.2 Å². The Morgan fingerprint density at radius 3 is 2.74 bits per heavy atom. The van der Waals surface area contributed by atoms with E-state index < -0.39 is 0 Å². The highest BCUT2D eigenvalue weighted by molar-refractivity contribution is 7.09. The first-order valence-corrected chi connectivity index (χ1v) is 7.70. The molecule has 2 aromatic rings. The van der Waals surface area contributed by atoms with Crippen LogP contribution >= 0.6 is 23.7 Å². The minimum atomic E-state index is -0.242. The van der Waals surface area contributed by atoms with Gasteiger partial charge in [0.05, 0.1) is 6.04 Å². The van der Waals surface area contributed by atoms with Crippen LogP contribution in [-0.4, -0.2) is 16.8 Å².